The van der Waals surface area contributed by atoms with E-state index in [0.717, 1.165) is 17.7 Å². The number of halogens is 4. The van der Waals surface area contributed by atoms with Crippen molar-refractivity contribution >= 4 is 21.7 Å². The van der Waals surface area contributed by atoms with Crippen LogP contribution in [0.5, 0.6) is 0 Å². The van der Waals surface area contributed by atoms with Crippen molar-refractivity contribution in [3.8, 4) is 0 Å². The first-order valence-corrected chi connectivity index (χ1v) is 9.32. The zero-order valence-electron chi connectivity index (χ0n) is 14.7. The number of pyridine rings is 2. The largest absolute Gasteiger partial charge is 0.416 e. The summed E-state index contributed by atoms with van der Waals surface area (Å²) in [5, 5.41) is 0. The van der Waals surface area contributed by atoms with Crippen molar-refractivity contribution in [3.63, 3.8) is 0 Å². The van der Waals surface area contributed by atoms with Crippen LogP contribution < -0.4 is 0 Å². The van der Waals surface area contributed by atoms with Crippen molar-refractivity contribution in [1.29, 1.82) is 0 Å². The van der Waals surface area contributed by atoms with Crippen LogP contribution in [-0.2, 0) is 17.4 Å². The van der Waals surface area contributed by atoms with Crippen LogP contribution in [0.25, 0.3) is 0 Å². The van der Waals surface area contributed by atoms with Crippen LogP contribution in [0, 0.1) is 0 Å². The zero-order valence-corrected chi connectivity index (χ0v) is 16.2. The molecule has 7 heteroatoms. The first kappa shape index (κ1) is 20.2. The summed E-state index contributed by atoms with van der Waals surface area (Å²) in [6.07, 6.45) is 0.773. The van der Waals surface area contributed by atoms with Gasteiger partial charge in [0.25, 0.3) is 0 Å². The number of benzene rings is 1. The number of carbonyl (C=O) groups is 1. The number of ketones is 1. The fraction of sp³-hybridized carbons (Fsp3) is 0.190. The second-order valence-electron chi connectivity index (χ2n) is 6.32. The van der Waals surface area contributed by atoms with Gasteiger partial charge in [0.2, 0.25) is 0 Å². The predicted octanol–water partition coefficient (Wildman–Crippen LogP) is 5.59. The fourth-order valence-corrected chi connectivity index (χ4v) is 3.49. The van der Waals surface area contributed by atoms with Gasteiger partial charge in [0.15, 0.2) is 0 Å². The van der Waals surface area contributed by atoms with E-state index in [1.807, 2.05) is 6.07 Å². The van der Waals surface area contributed by atoms with E-state index in [1.165, 1.54) is 12.1 Å². The lowest BCUT2D eigenvalue weighted by atomic mass is 9.88. The van der Waals surface area contributed by atoms with E-state index in [2.05, 4.69) is 25.9 Å². The Labute approximate surface area is 168 Å². The van der Waals surface area contributed by atoms with Crippen LogP contribution >= 0.6 is 15.9 Å². The van der Waals surface area contributed by atoms with Gasteiger partial charge in [-0.25, -0.2) is 0 Å². The lowest BCUT2D eigenvalue weighted by Gasteiger charge is -2.18. The minimum Gasteiger partial charge on any atom is -0.299 e. The molecule has 0 bridgehead atoms. The Morgan fingerprint density at radius 3 is 2.36 bits per heavy atom. The number of carbonyl (C=O) groups excluding carboxylic acids is 1. The monoisotopic (exact) mass is 448 g/mol. The molecule has 1 atom stereocenters. The molecule has 3 aromatic rings. The summed E-state index contributed by atoms with van der Waals surface area (Å²) in [4.78, 5) is 21.0. The third kappa shape index (κ3) is 5.04. The van der Waals surface area contributed by atoms with Crippen molar-refractivity contribution < 1.29 is 18.0 Å². The molecule has 144 valence electrons. The van der Waals surface area contributed by atoms with Gasteiger partial charge in [-0.2, -0.15) is 13.2 Å². The van der Waals surface area contributed by atoms with Gasteiger partial charge in [-0.1, -0.05) is 18.2 Å². The molecule has 28 heavy (non-hydrogen) atoms. The highest BCUT2D eigenvalue weighted by molar-refractivity contribution is 9.10. The summed E-state index contributed by atoms with van der Waals surface area (Å²) in [7, 11) is 0. The molecule has 0 saturated heterocycles. The van der Waals surface area contributed by atoms with Crippen molar-refractivity contribution in [1.82, 2.24) is 9.97 Å². The van der Waals surface area contributed by atoms with Crippen LogP contribution in [0.2, 0.25) is 0 Å². The molecule has 3 nitrogen and oxygen atoms in total. The molecule has 0 fully saturated rings. The molecular formula is C21H16BrF3N2O. The summed E-state index contributed by atoms with van der Waals surface area (Å²) < 4.78 is 39.3. The third-order valence-electron chi connectivity index (χ3n) is 4.31. The van der Waals surface area contributed by atoms with E-state index in [4.69, 9.17) is 0 Å². The number of Topliss-reactive ketones (excluding diaryl/α,β-unsaturated/α-hetero) is 1. The Hall–Kier alpha value is -2.54. The molecule has 0 aliphatic heterocycles. The molecule has 0 aliphatic carbocycles. The van der Waals surface area contributed by atoms with Crippen molar-refractivity contribution in [3.05, 3.63) is 94.0 Å². The lowest BCUT2D eigenvalue weighted by Crippen LogP contribution is -2.13. The highest BCUT2D eigenvalue weighted by Crippen LogP contribution is 2.35. The molecule has 0 unspecified atom stereocenters. The quantitative estimate of drug-likeness (QED) is 0.493. The highest BCUT2D eigenvalue weighted by Gasteiger charge is 2.31. The van der Waals surface area contributed by atoms with Gasteiger partial charge in [-0.3, -0.25) is 14.8 Å². The van der Waals surface area contributed by atoms with E-state index < -0.39 is 17.7 Å². The molecule has 3 rings (SSSR count). The number of hydrogen-bond donors (Lipinski definition) is 0. The second-order valence-corrected chi connectivity index (χ2v) is 7.18. The van der Waals surface area contributed by atoms with Gasteiger partial charge in [0, 0.05) is 41.8 Å². The highest BCUT2D eigenvalue weighted by atomic mass is 79.9. The molecule has 0 radical (unpaired) electrons. The molecule has 2 heterocycles. The maximum Gasteiger partial charge on any atom is 0.416 e. The summed E-state index contributed by atoms with van der Waals surface area (Å²) in [6, 6.07) is 12.0. The standard InChI is InChI=1S/C21H16BrF3N2O/c22-19-4-2-10-27-20(19)18(12-17(28)11-14-3-1-9-26-13-14)15-5-7-16(8-6-15)21(23,24)25/h1-10,13,18H,11-12H2/t18-/m0/s1. The Balaban J connectivity index is 1.90. The summed E-state index contributed by atoms with van der Waals surface area (Å²) >= 11 is 3.43. The maximum absolute atomic E-state index is 12.9. The lowest BCUT2D eigenvalue weighted by molar-refractivity contribution is -0.137. The van der Waals surface area contributed by atoms with Gasteiger partial charge < -0.3 is 0 Å². The number of nitrogens with zero attached hydrogens (tertiary/aromatic N) is 2. The number of alkyl halides is 3. The van der Waals surface area contributed by atoms with Crippen LogP contribution in [0.15, 0.2) is 71.6 Å². The third-order valence-corrected chi connectivity index (χ3v) is 4.98. The Morgan fingerprint density at radius 2 is 1.75 bits per heavy atom. The molecular weight excluding hydrogens is 433 g/mol. The van der Waals surface area contributed by atoms with Crippen molar-refractivity contribution in [2.75, 3.05) is 0 Å². The molecule has 0 N–H and O–H groups in total. The smallest absolute Gasteiger partial charge is 0.299 e. The van der Waals surface area contributed by atoms with Gasteiger partial charge in [0.05, 0.1) is 11.3 Å². The number of hydrogen-bond acceptors (Lipinski definition) is 3. The number of rotatable bonds is 6. The minimum absolute atomic E-state index is 0.0459. The summed E-state index contributed by atoms with van der Waals surface area (Å²) in [5.41, 5.74) is 1.28. The van der Waals surface area contributed by atoms with Crippen LogP contribution in [0.4, 0.5) is 13.2 Å². The van der Waals surface area contributed by atoms with E-state index in [1.54, 1.807) is 36.8 Å². The van der Waals surface area contributed by atoms with Crippen molar-refractivity contribution in [2.45, 2.75) is 24.9 Å². The topological polar surface area (TPSA) is 42.9 Å². The van der Waals surface area contributed by atoms with E-state index in [0.29, 0.717) is 15.7 Å². The average molecular weight is 449 g/mol. The van der Waals surface area contributed by atoms with Crippen molar-refractivity contribution in [2.24, 2.45) is 0 Å². The summed E-state index contributed by atoms with van der Waals surface area (Å²) in [5.74, 6) is -0.502. The first-order valence-electron chi connectivity index (χ1n) is 8.53. The van der Waals surface area contributed by atoms with E-state index in [9.17, 15) is 18.0 Å². The Kier molecular flexibility index (Phi) is 6.24. The zero-order chi connectivity index (χ0) is 20.1. The normalized spacial score (nSPS) is 12.6. The van der Waals surface area contributed by atoms with E-state index >= 15 is 0 Å². The molecule has 0 spiro atoms. The van der Waals surface area contributed by atoms with Gasteiger partial charge in [-0.05, 0) is 57.4 Å². The average Bonchev–Trinajstić information content (AvgIpc) is 2.67. The van der Waals surface area contributed by atoms with Crippen LogP contribution in [-0.4, -0.2) is 15.8 Å². The first-order chi connectivity index (χ1) is 13.3. The molecule has 0 aliphatic rings. The second kappa shape index (κ2) is 8.65. The fourth-order valence-electron chi connectivity index (χ4n) is 2.96. The minimum atomic E-state index is -4.41. The maximum atomic E-state index is 12.9. The van der Waals surface area contributed by atoms with Gasteiger partial charge in [0.1, 0.15) is 5.78 Å². The SMILES string of the molecule is O=C(Cc1cccnc1)C[C@@H](c1ccc(C(F)(F)F)cc1)c1ncccc1Br. The Bertz CT molecular complexity index is 944. The predicted molar refractivity (Wildman–Crippen MR) is 103 cm³/mol. The van der Waals surface area contributed by atoms with E-state index in [-0.39, 0.29) is 18.6 Å². The molecule has 0 amide bonds. The summed E-state index contributed by atoms with van der Waals surface area (Å²) in [6.45, 7) is 0. The van der Waals surface area contributed by atoms with Gasteiger partial charge in [-0.15, -0.1) is 0 Å². The molecule has 2 aromatic heterocycles. The number of aromatic nitrogens is 2. The van der Waals surface area contributed by atoms with Crippen LogP contribution in [0.1, 0.15) is 34.7 Å². The van der Waals surface area contributed by atoms with Gasteiger partial charge >= 0.3 is 6.18 Å². The molecule has 1 aromatic carbocycles. The Morgan fingerprint density at radius 1 is 1.04 bits per heavy atom. The molecule has 0 saturated carbocycles. The van der Waals surface area contributed by atoms with Crippen LogP contribution in [0.3, 0.4) is 0 Å².